The van der Waals surface area contributed by atoms with Crippen molar-refractivity contribution in [3.05, 3.63) is 53.0 Å². The fourth-order valence-corrected chi connectivity index (χ4v) is 6.17. The summed E-state index contributed by atoms with van der Waals surface area (Å²) in [5.74, 6) is 0.474. The molecule has 3 heterocycles. The second-order valence-corrected chi connectivity index (χ2v) is 10.5. The van der Waals surface area contributed by atoms with Crippen LogP contribution in [0.25, 0.3) is 10.2 Å². The molecular formula is C25H31N3O2S. The Balaban J connectivity index is 1.58. The minimum Gasteiger partial charge on any atom is -0.368 e. The van der Waals surface area contributed by atoms with Crippen molar-refractivity contribution < 1.29 is 9.90 Å². The molecule has 5 rings (SSSR count). The molecule has 2 aromatic heterocycles. The number of aliphatic hydroxyl groups excluding tert-OH is 1. The van der Waals surface area contributed by atoms with Crippen molar-refractivity contribution in [3.63, 3.8) is 0 Å². The fourth-order valence-electron chi connectivity index (χ4n) is 5.34. The highest BCUT2D eigenvalue weighted by molar-refractivity contribution is 7.17. The molecule has 1 fully saturated rings. The van der Waals surface area contributed by atoms with Gasteiger partial charge < -0.3 is 19.9 Å². The Labute approximate surface area is 187 Å². The number of amides is 1. The molecule has 1 saturated carbocycles. The monoisotopic (exact) mass is 437 g/mol. The number of thiophene rings is 1. The second-order valence-electron chi connectivity index (χ2n) is 9.52. The Hall–Kier alpha value is -2.31. The first-order valence-electron chi connectivity index (χ1n) is 11.3. The molecule has 6 heteroatoms. The highest BCUT2D eigenvalue weighted by atomic mass is 32.1. The Kier molecular flexibility index (Phi) is 5.10. The third-order valence-electron chi connectivity index (χ3n) is 7.29. The molecule has 0 bridgehead atoms. The van der Waals surface area contributed by atoms with Crippen molar-refractivity contribution in [2.45, 2.75) is 70.8 Å². The van der Waals surface area contributed by atoms with Crippen LogP contribution in [-0.2, 0) is 11.3 Å². The fraction of sp³-hybridized carbons (Fsp3) is 0.480. The first kappa shape index (κ1) is 20.6. The first-order chi connectivity index (χ1) is 14.9. The smallest absolute Gasteiger partial charge is 0.247 e. The number of anilines is 1. The number of fused-ring (bicyclic) bond motifs is 3. The standard InChI is InChI=1S/C25H31N3O2S/c1-16-8-10-18(11-9-16)28-23(29)21-14-22-20(12-13-31-22)27(21)15-25(28,3)24(30)26-19-7-5-4-6-17(19)2/h8-14,17,19,23,29H,4-7,15H2,1-3H3,(H,26,30). The molecule has 31 heavy (non-hydrogen) atoms. The molecule has 0 spiro atoms. The summed E-state index contributed by atoms with van der Waals surface area (Å²) >= 11 is 1.67. The lowest BCUT2D eigenvalue weighted by Gasteiger charge is -2.49. The maximum Gasteiger partial charge on any atom is 0.247 e. The van der Waals surface area contributed by atoms with Gasteiger partial charge in [-0.2, -0.15) is 0 Å². The van der Waals surface area contributed by atoms with E-state index in [0.29, 0.717) is 12.5 Å². The Morgan fingerprint density at radius 2 is 1.94 bits per heavy atom. The maximum atomic E-state index is 13.9. The maximum absolute atomic E-state index is 13.9. The molecule has 1 aliphatic heterocycles. The molecular weight excluding hydrogens is 406 g/mol. The van der Waals surface area contributed by atoms with Crippen LogP contribution in [0.4, 0.5) is 5.69 Å². The minimum atomic E-state index is -0.910. The van der Waals surface area contributed by atoms with E-state index in [1.807, 2.05) is 43.0 Å². The lowest BCUT2D eigenvalue weighted by atomic mass is 9.84. The number of hydrogen-bond donors (Lipinski definition) is 2. The number of aryl methyl sites for hydroxylation is 1. The van der Waals surface area contributed by atoms with Gasteiger partial charge in [0.05, 0.1) is 22.5 Å². The summed E-state index contributed by atoms with van der Waals surface area (Å²) in [5.41, 5.74) is 3.04. The van der Waals surface area contributed by atoms with Crippen molar-refractivity contribution in [1.29, 1.82) is 0 Å². The van der Waals surface area contributed by atoms with Crippen LogP contribution in [0.1, 0.15) is 57.0 Å². The molecule has 3 aromatic rings. The van der Waals surface area contributed by atoms with Gasteiger partial charge in [-0.15, -0.1) is 11.3 Å². The van der Waals surface area contributed by atoms with Gasteiger partial charge in [0.15, 0.2) is 6.23 Å². The van der Waals surface area contributed by atoms with Crippen LogP contribution in [-0.4, -0.2) is 27.2 Å². The van der Waals surface area contributed by atoms with Gasteiger partial charge >= 0.3 is 0 Å². The SMILES string of the molecule is Cc1ccc(N2C(O)c3cc4sccc4n3CC2(C)C(=O)NC2CCCCC2C)cc1. The molecule has 2 N–H and O–H groups in total. The van der Waals surface area contributed by atoms with Gasteiger partial charge in [-0.05, 0) is 62.3 Å². The van der Waals surface area contributed by atoms with Gasteiger partial charge in [0.25, 0.3) is 0 Å². The van der Waals surface area contributed by atoms with Gasteiger partial charge in [-0.3, -0.25) is 4.79 Å². The highest BCUT2D eigenvalue weighted by Gasteiger charge is 2.49. The minimum absolute atomic E-state index is 0.00592. The number of nitrogens with one attached hydrogen (secondary N) is 1. The molecule has 0 radical (unpaired) electrons. The van der Waals surface area contributed by atoms with Gasteiger partial charge in [0.1, 0.15) is 5.54 Å². The van der Waals surface area contributed by atoms with E-state index >= 15 is 0 Å². The number of benzene rings is 1. The average Bonchev–Trinajstić information content (AvgIpc) is 3.33. The topological polar surface area (TPSA) is 57.5 Å². The van der Waals surface area contributed by atoms with E-state index in [0.717, 1.165) is 46.4 Å². The van der Waals surface area contributed by atoms with Crippen LogP contribution in [0, 0.1) is 12.8 Å². The van der Waals surface area contributed by atoms with Crippen molar-refractivity contribution in [2.24, 2.45) is 5.92 Å². The lowest BCUT2D eigenvalue weighted by Crippen LogP contribution is -2.64. The molecule has 1 aliphatic carbocycles. The number of hydrogen-bond acceptors (Lipinski definition) is 4. The van der Waals surface area contributed by atoms with E-state index < -0.39 is 11.8 Å². The summed E-state index contributed by atoms with van der Waals surface area (Å²) in [7, 11) is 0. The Morgan fingerprint density at radius 1 is 1.19 bits per heavy atom. The zero-order valence-electron chi connectivity index (χ0n) is 18.5. The molecule has 164 valence electrons. The molecule has 4 unspecified atom stereocenters. The van der Waals surface area contributed by atoms with Crippen LogP contribution < -0.4 is 10.2 Å². The number of carbonyl (C=O) groups is 1. The van der Waals surface area contributed by atoms with Crippen LogP contribution in [0.15, 0.2) is 41.8 Å². The van der Waals surface area contributed by atoms with Crippen molar-refractivity contribution in [1.82, 2.24) is 9.88 Å². The Bertz CT molecular complexity index is 1100. The van der Waals surface area contributed by atoms with Gasteiger partial charge in [0, 0.05) is 11.7 Å². The number of rotatable bonds is 3. The third-order valence-corrected chi connectivity index (χ3v) is 8.14. The van der Waals surface area contributed by atoms with Gasteiger partial charge in [0.2, 0.25) is 5.91 Å². The van der Waals surface area contributed by atoms with E-state index in [2.05, 4.69) is 34.3 Å². The summed E-state index contributed by atoms with van der Waals surface area (Å²) in [4.78, 5) is 15.8. The quantitative estimate of drug-likeness (QED) is 0.608. The molecule has 5 nitrogen and oxygen atoms in total. The lowest BCUT2D eigenvalue weighted by molar-refractivity contribution is -0.129. The molecule has 1 aromatic carbocycles. The van der Waals surface area contributed by atoms with E-state index in [-0.39, 0.29) is 11.9 Å². The van der Waals surface area contributed by atoms with E-state index in [9.17, 15) is 9.90 Å². The van der Waals surface area contributed by atoms with E-state index in [1.54, 1.807) is 11.3 Å². The van der Waals surface area contributed by atoms with Gasteiger partial charge in [-0.1, -0.05) is 37.5 Å². The summed E-state index contributed by atoms with van der Waals surface area (Å²) in [6, 6.07) is 12.4. The normalized spacial score (nSPS) is 28.5. The molecule has 1 amide bonds. The number of carbonyl (C=O) groups excluding carboxylic acids is 1. The van der Waals surface area contributed by atoms with Crippen molar-refractivity contribution >= 4 is 33.1 Å². The molecule has 2 aliphatic rings. The summed E-state index contributed by atoms with van der Waals surface area (Å²) in [6.07, 6.45) is 3.69. The van der Waals surface area contributed by atoms with Crippen LogP contribution in [0.3, 0.4) is 0 Å². The molecule has 0 saturated heterocycles. The van der Waals surface area contributed by atoms with Crippen LogP contribution in [0.2, 0.25) is 0 Å². The van der Waals surface area contributed by atoms with E-state index in [4.69, 9.17) is 0 Å². The first-order valence-corrected chi connectivity index (χ1v) is 12.2. The second kappa shape index (κ2) is 7.68. The van der Waals surface area contributed by atoms with Crippen LogP contribution >= 0.6 is 11.3 Å². The van der Waals surface area contributed by atoms with Gasteiger partial charge in [-0.25, -0.2) is 0 Å². The van der Waals surface area contributed by atoms with E-state index in [1.165, 1.54) is 6.42 Å². The predicted molar refractivity (Wildman–Crippen MR) is 126 cm³/mol. The van der Waals surface area contributed by atoms with Crippen LogP contribution in [0.5, 0.6) is 0 Å². The predicted octanol–water partition coefficient (Wildman–Crippen LogP) is 4.98. The number of nitrogens with zero attached hydrogens (tertiary/aromatic N) is 2. The number of aromatic nitrogens is 1. The molecule has 4 atom stereocenters. The third kappa shape index (κ3) is 3.37. The van der Waals surface area contributed by atoms with Crippen molar-refractivity contribution in [3.8, 4) is 0 Å². The summed E-state index contributed by atoms with van der Waals surface area (Å²) in [6.45, 7) is 6.76. The zero-order chi connectivity index (χ0) is 21.8. The largest absolute Gasteiger partial charge is 0.368 e. The Morgan fingerprint density at radius 3 is 2.68 bits per heavy atom. The number of aliphatic hydroxyl groups is 1. The zero-order valence-corrected chi connectivity index (χ0v) is 19.3. The van der Waals surface area contributed by atoms with Crippen molar-refractivity contribution in [2.75, 3.05) is 4.90 Å². The highest BCUT2D eigenvalue weighted by Crippen LogP contribution is 2.42. The summed E-state index contributed by atoms with van der Waals surface area (Å²) in [5, 5.41) is 17.0. The average molecular weight is 438 g/mol. The summed E-state index contributed by atoms with van der Waals surface area (Å²) < 4.78 is 3.27.